The number of amides is 1. The molecule has 0 aromatic heterocycles. The summed E-state index contributed by atoms with van der Waals surface area (Å²) in [4.78, 5) is 22.6. The Balaban J connectivity index is 2.11. The molecule has 0 aliphatic heterocycles. The zero-order chi connectivity index (χ0) is 17.0. The smallest absolute Gasteiger partial charge is 0.272 e. The molecule has 0 bridgehead atoms. The van der Waals surface area contributed by atoms with E-state index in [1.807, 2.05) is 31.2 Å². The van der Waals surface area contributed by atoms with Crippen LogP contribution in [0.15, 0.2) is 42.5 Å². The van der Waals surface area contributed by atoms with Crippen molar-refractivity contribution in [2.24, 2.45) is 0 Å². The average Bonchev–Trinajstić information content (AvgIpc) is 2.54. The first-order valence-corrected chi connectivity index (χ1v) is 7.12. The number of benzene rings is 2. The van der Waals surface area contributed by atoms with Gasteiger partial charge in [-0.1, -0.05) is 12.1 Å². The van der Waals surface area contributed by atoms with Crippen LogP contribution in [0.1, 0.15) is 34.5 Å². The van der Waals surface area contributed by atoms with E-state index in [0.717, 1.165) is 11.3 Å². The third kappa shape index (κ3) is 3.85. The van der Waals surface area contributed by atoms with Crippen LogP contribution in [0, 0.1) is 17.0 Å². The van der Waals surface area contributed by atoms with Gasteiger partial charge in [0.25, 0.3) is 11.6 Å². The molecule has 23 heavy (non-hydrogen) atoms. The number of hydrogen-bond donors (Lipinski definition) is 1. The highest BCUT2D eigenvalue weighted by Crippen LogP contribution is 2.20. The van der Waals surface area contributed by atoms with E-state index in [1.165, 1.54) is 18.2 Å². The van der Waals surface area contributed by atoms with Crippen molar-refractivity contribution in [3.05, 3.63) is 69.3 Å². The van der Waals surface area contributed by atoms with E-state index in [2.05, 4.69) is 5.32 Å². The van der Waals surface area contributed by atoms with Crippen molar-refractivity contribution in [3.8, 4) is 5.75 Å². The predicted molar refractivity (Wildman–Crippen MR) is 86.7 cm³/mol. The summed E-state index contributed by atoms with van der Waals surface area (Å²) in [6, 6.07) is 11.6. The molecule has 2 rings (SSSR count). The molecule has 0 aliphatic carbocycles. The zero-order valence-electron chi connectivity index (χ0n) is 13.2. The molecule has 6 nitrogen and oxygen atoms in total. The molecule has 1 N–H and O–H groups in total. The van der Waals surface area contributed by atoms with Gasteiger partial charge in [-0.3, -0.25) is 14.9 Å². The zero-order valence-corrected chi connectivity index (χ0v) is 13.2. The molecular weight excluding hydrogens is 296 g/mol. The van der Waals surface area contributed by atoms with Crippen LogP contribution >= 0.6 is 0 Å². The summed E-state index contributed by atoms with van der Waals surface area (Å²) in [5.41, 5.74) is 1.80. The standard InChI is InChI=1S/C17H18N2O4/c1-11-10-14(6-9-16(11)19(21)22)17(20)18-12(2)13-4-7-15(23-3)8-5-13/h4-10,12H,1-3H3,(H,18,20)/t12-/m1/s1. The van der Waals surface area contributed by atoms with Gasteiger partial charge in [-0.2, -0.15) is 0 Å². The van der Waals surface area contributed by atoms with Gasteiger partial charge in [0.2, 0.25) is 0 Å². The molecular formula is C17H18N2O4. The van der Waals surface area contributed by atoms with Gasteiger partial charge >= 0.3 is 0 Å². The Hall–Kier alpha value is -2.89. The lowest BCUT2D eigenvalue weighted by Gasteiger charge is -2.15. The van der Waals surface area contributed by atoms with Gasteiger partial charge in [0.05, 0.1) is 18.1 Å². The topological polar surface area (TPSA) is 81.5 Å². The van der Waals surface area contributed by atoms with E-state index in [4.69, 9.17) is 4.74 Å². The Kier molecular flexibility index (Phi) is 4.95. The van der Waals surface area contributed by atoms with Gasteiger partial charge in [0.15, 0.2) is 0 Å². The number of nitrogens with one attached hydrogen (secondary N) is 1. The molecule has 0 unspecified atom stereocenters. The maximum atomic E-state index is 12.3. The molecule has 2 aromatic carbocycles. The minimum Gasteiger partial charge on any atom is -0.497 e. The van der Waals surface area contributed by atoms with Gasteiger partial charge in [-0.15, -0.1) is 0 Å². The number of ether oxygens (including phenoxy) is 1. The van der Waals surface area contributed by atoms with Crippen LogP contribution < -0.4 is 10.1 Å². The predicted octanol–water partition coefficient (Wildman–Crippen LogP) is 3.40. The van der Waals surface area contributed by atoms with Crippen molar-refractivity contribution < 1.29 is 14.5 Å². The molecule has 120 valence electrons. The van der Waals surface area contributed by atoms with Gasteiger partial charge < -0.3 is 10.1 Å². The van der Waals surface area contributed by atoms with Crippen molar-refractivity contribution in [1.29, 1.82) is 0 Å². The Morgan fingerprint density at radius 2 is 1.87 bits per heavy atom. The van der Waals surface area contributed by atoms with Crippen molar-refractivity contribution in [2.75, 3.05) is 7.11 Å². The Labute approximate surface area is 134 Å². The van der Waals surface area contributed by atoms with Crippen LogP contribution in [0.25, 0.3) is 0 Å². The first kappa shape index (κ1) is 16.5. The molecule has 0 saturated carbocycles. The summed E-state index contributed by atoms with van der Waals surface area (Å²) in [6.07, 6.45) is 0. The molecule has 0 aliphatic rings. The minimum atomic E-state index is -0.461. The quantitative estimate of drug-likeness (QED) is 0.677. The Bertz CT molecular complexity index is 726. The molecule has 2 aromatic rings. The number of carbonyl (C=O) groups excluding carboxylic acids is 1. The van der Waals surface area contributed by atoms with Crippen LogP contribution in [0.2, 0.25) is 0 Å². The Morgan fingerprint density at radius 1 is 1.22 bits per heavy atom. The number of methoxy groups -OCH3 is 1. The molecule has 0 saturated heterocycles. The van der Waals surface area contributed by atoms with Gasteiger partial charge in [-0.05, 0) is 43.7 Å². The lowest BCUT2D eigenvalue weighted by Crippen LogP contribution is -2.26. The van der Waals surface area contributed by atoms with E-state index in [1.54, 1.807) is 14.0 Å². The lowest BCUT2D eigenvalue weighted by atomic mass is 10.1. The maximum Gasteiger partial charge on any atom is 0.272 e. The number of rotatable bonds is 5. The number of nitro benzene ring substituents is 1. The number of nitro groups is 1. The molecule has 6 heteroatoms. The maximum absolute atomic E-state index is 12.3. The van der Waals surface area contributed by atoms with Crippen molar-refractivity contribution in [3.63, 3.8) is 0 Å². The van der Waals surface area contributed by atoms with E-state index < -0.39 is 4.92 Å². The fraction of sp³-hybridized carbons (Fsp3) is 0.235. The van der Waals surface area contributed by atoms with Crippen LogP contribution in [0.4, 0.5) is 5.69 Å². The van der Waals surface area contributed by atoms with E-state index >= 15 is 0 Å². The number of carbonyl (C=O) groups is 1. The molecule has 0 heterocycles. The summed E-state index contributed by atoms with van der Waals surface area (Å²) in [5, 5.41) is 13.7. The number of aryl methyl sites for hydroxylation is 1. The van der Waals surface area contributed by atoms with E-state index in [0.29, 0.717) is 11.1 Å². The van der Waals surface area contributed by atoms with Gasteiger partial charge in [0.1, 0.15) is 5.75 Å². The number of nitrogens with zero attached hydrogens (tertiary/aromatic N) is 1. The third-order valence-corrected chi connectivity index (χ3v) is 3.62. The second kappa shape index (κ2) is 6.91. The SMILES string of the molecule is COc1ccc([C@@H](C)NC(=O)c2ccc([N+](=O)[O-])c(C)c2)cc1. The van der Waals surface area contributed by atoms with Crippen LogP contribution in [-0.2, 0) is 0 Å². The normalized spacial score (nSPS) is 11.6. The highest BCUT2D eigenvalue weighted by molar-refractivity contribution is 5.95. The Morgan fingerprint density at radius 3 is 2.39 bits per heavy atom. The molecule has 0 radical (unpaired) electrons. The van der Waals surface area contributed by atoms with Crippen LogP contribution in [-0.4, -0.2) is 17.9 Å². The van der Waals surface area contributed by atoms with Crippen LogP contribution in [0.3, 0.4) is 0 Å². The summed E-state index contributed by atoms with van der Waals surface area (Å²) >= 11 is 0. The van der Waals surface area contributed by atoms with Crippen molar-refractivity contribution in [2.45, 2.75) is 19.9 Å². The fourth-order valence-corrected chi connectivity index (χ4v) is 2.26. The highest BCUT2D eigenvalue weighted by Gasteiger charge is 2.15. The van der Waals surface area contributed by atoms with Crippen molar-refractivity contribution >= 4 is 11.6 Å². The first-order valence-electron chi connectivity index (χ1n) is 7.12. The summed E-state index contributed by atoms with van der Waals surface area (Å²) < 4.78 is 5.10. The molecule has 1 atom stereocenters. The second-order valence-corrected chi connectivity index (χ2v) is 5.23. The minimum absolute atomic E-state index is 0.00440. The summed E-state index contributed by atoms with van der Waals surface area (Å²) in [7, 11) is 1.59. The van der Waals surface area contributed by atoms with Crippen molar-refractivity contribution in [1.82, 2.24) is 5.32 Å². The molecule has 0 fully saturated rings. The molecule has 0 spiro atoms. The first-order chi connectivity index (χ1) is 10.9. The lowest BCUT2D eigenvalue weighted by molar-refractivity contribution is -0.385. The second-order valence-electron chi connectivity index (χ2n) is 5.23. The van der Waals surface area contributed by atoms with E-state index in [9.17, 15) is 14.9 Å². The third-order valence-electron chi connectivity index (χ3n) is 3.62. The van der Waals surface area contributed by atoms with Gasteiger partial charge in [0, 0.05) is 17.2 Å². The highest BCUT2D eigenvalue weighted by atomic mass is 16.6. The monoisotopic (exact) mass is 314 g/mol. The fourth-order valence-electron chi connectivity index (χ4n) is 2.26. The largest absolute Gasteiger partial charge is 0.497 e. The average molecular weight is 314 g/mol. The van der Waals surface area contributed by atoms with E-state index in [-0.39, 0.29) is 17.6 Å². The summed E-state index contributed by atoms with van der Waals surface area (Å²) in [6.45, 7) is 3.49. The summed E-state index contributed by atoms with van der Waals surface area (Å²) in [5.74, 6) is 0.476. The van der Waals surface area contributed by atoms with Crippen LogP contribution in [0.5, 0.6) is 5.75 Å². The van der Waals surface area contributed by atoms with Gasteiger partial charge in [-0.25, -0.2) is 0 Å². The molecule has 1 amide bonds. The number of hydrogen-bond acceptors (Lipinski definition) is 4.